The Morgan fingerprint density at radius 2 is 1.35 bits per heavy atom. The summed E-state index contributed by atoms with van der Waals surface area (Å²) in [5.74, 6) is -3.56. The molecule has 37 heavy (non-hydrogen) atoms. The van der Waals surface area contributed by atoms with E-state index in [1.54, 1.807) is 96.4 Å². The summed E-state index contributed by atoms with van der Waals surface area (Å²) in [6.07, 6.45) is 0. The Balaban J connectivity index is 1.77. The number of Topliss-reactive ketones (excluding diaryl/α,β-unsaturated/α-hetero) is 1. The van der Waals surface area contributed by atoms with E-state index in [1.165, 1.54) is 16.2 Å². The third-order valence-electron chi connectivity index (χ3n) is 6.71. The molecular formula is C29H21Cl2NO4S. The lowest BCUT2D eigenvalue weighted by atomic mass is 9.77. The summed E-state index contributed by atoms with van der Waals surface area (Å²) in [4.78, 5) is 42.9. The van der Waals surface area contributed by atoms with Crippen molar-refractivity contribution in [2.45, 2.75) is 18.0 Å². The van der Waals surface area contributed by atoms with Crippen LogP contribution < -0.4 is 0 Å². The van der Waals surface area contributed by atoms with Crippen molar-refractivity contribution in [2.75, 3.05) is 0 Å². The zero-order valence-electron chi connectivity index (χ0n) is 19.3. The van der Waals surface area contributed by atoms with Crippen LogP contribution in [0.1, 0.15) is 43.1 Å². The number of hydrogen-bond acceptors (Lipinski definition) is 4. The molecule has 1 aromatic heterocycles. The molecule has 1 fully saturated rings. The van der Waals surface area contributed by atoms with Gasteiger partial charge in [-0.25, -0.2) is 4.79 Å². The first-order chi connectivity index (χ1) is 17.9. The number of thiophene rings is 1. The van der Waals surface area contributed by atoms with Gasteiger partial charge in [-0.3, -0.25) is 9.59 Å². The molecule has 0 spiro atoms. The summed E-state index contributed by atoms with van der Waals surface area (Å²) >= 11 is 13.6. The predicted octanol–water partition coefficient (Wildman–Crippen LogP) is 6.99. The number of benzene rings is 3. The van der Waals surface area contributed by atoms with E-state index in [0.29, 0.717) is 31.6 Å². The van der Waals surface area contributed by atoms with Gasteiger partial charge < -0.3 is 10.0 Å². The summed E-state index contributed by atoms with van der Waals surface area (Å²) in [5, 5.41) is 13.3. The van der Waals surface area contributed by atoms with Crippen LogP contribution >= 0.6 is 34.5 Å². The van der Waals surface area contributed by atoms with Crippen molar-refractivity contribution in [2.24, 2.45) is 5.92 Å². The number of carboxylic acid groups (broad SMARTS) is 1. The van der Waals surface area contributed by atoms with Gasteiger partial charge in [0, 0.05) is 21.5 Å². The molecule has 1 aliphatic rings. The lowest BCUT2D eigenvalue weighted by Gasteiger charge is -2.30. The van der Waals surface area contributed by atoms with Gasteiger partial charge in [-0.05, 0) is 59.0 Å². The van der Waals surface area contributed by atoms with Crippen molar-refractivity contribution in [1.29, 1.82) is 0 Å². The number of carbonyl (C=O) groups is 3. The molecule has 4 atom stereocenters. The Hall–Kier alpha value is -3.45. The van der Waals surface area contributed by atoms with Gasteiger partial charge in [-0.2, -0.15) is 0 Å². The molecule has 5 rings (SSSR count). The quantitative estimate of drug-likeness (QED) is 0.263. The van der Waals surface area contributed by atoms with Crippen molar-refractivity contribution >= 4 is 52.2 Å². The van der Waals surface area contributed by atoms with Crippen molar-refractivity contribution in [3.05, 3.63) is 128 Å². The van der Waals surface area contributed by atoms with E-state index < -0.39 is 35.8 Å². The molecule has 1 amide bonds. The summed E-state index contributed by atoms with van der Waals surface area (Å²) < 4.78 is 0. The number of ketones is 1. The van der Waals surface area contributed by atoms with Crippen LogP contribution in [0.2, 0.25) is 10.0 Å². The molecule has 2 heterocycles. The molecule has 0 radical (unpaired) electrons. The number of carbonyl (C=O) groups excluding carboxylic acids is 2. The van der Waals surface area contributed by atoms with Crippen LogP contribution in [0.25, 0.3) is 0 Å². The Kier molecular flexibility index (Phi) is 7.15. The first kappa shape index (κ1) is 25.2. The van der Waals surface area contributed by atoms with Gasteiger partial charge in [0.25, 0.3) is 5.91 Å². The summed E-state index contributed by atoms with van der Waals surface area (Å²) in [7, 11) is 0. The molecule has 1 N–H and O–H groups in total. The Morgan fingerprint density at radius 3 is 1.89 bits per heavy atom. The van der Waals surface area contributed by atoms with Gasteiger partial charge in [-0.1, -0.05) is 71.7 Å². The molecular weight excluding hydrogens is 529 g/mol. The highest BCUT2D eigenvalue weighted by molar-refractivity contribution is 7.12. The molecule has 0 aliphatic carbocycles. The maximum absolute atomic E-state index is 14.1. The van der Waals surface area contributed by atoms with E-state index in [-0.39, 0.29) is 5.78 Å². The summed E-state index contributed by atoms with van der Waals surface area (Å²) in [6, 6.07) is 23.5. The highest BCUT2D eigenvalue weighted by atomic mass is 35.5. The normalized spacial score (nSPS) is 21.1. The molecule has 1 aliphatic heterocycles. The maximum Gasteiger partial charge on any atom is 0.327 e. The number of nitrogens with zero attached hydrogens (tertiary/aromatic N) is 1. The fourth-order valence-corrected chi connectivity index (χ4v) is 6.12. The number of carboxylic acids is 1. The molecule has 8 heteroatoms. The number of amides is 1. The monoisotopic (exact) mass is 549 g/mol. The van der Waals surface area contributed by atoms with Crippen LogP contribution in [-0.2, 0) is 4.79 Å². The molecule has 4 unspecified atom stereocenters. The van der Waals surface area contributed by atoms with E-state index in [9.17, 15) is 19.5 Å². The number of rotatable bonds is 6. The van der Waals surface area contributed by atoms with Crippen molar-refractivity contribution < 1.29 is 19.5 Å². The average molecular weight is 550 g/mol. The van der Waals surface area contributed by atoms with E-state index in [0.717, 1.165) is 0 Å². The minimum absolute atomic E-state index is 0.218. The summed E-state index contributed by atoms with van der Waals surface area (Å²) in [6.45, 7) is 0. The Labute approximate surface area is 227 Å². The average Bonchev–Trinajstić information content (AvgIpc) is 3.56. The van der Waals surface area contributed by atoms with Gasteiger partial charge in [0.15, 0.2) is 5.78 Å². The maximum atomic E-state index is 14.1. The van der Waals surface area contributed by atoms with Crippen LogP contribution in [0.4, 0.5) is 0 Å². The first-order valence-corrected chi connectivity index (χ1v) is 13.2. The van der Waals surface area contributed by atoms with Crippen LogP contribution in [0, 0.1) is 5.92 Å². The van der Waals surface area contributed by atoms with Crippen LogP contribution in [0.3, 0.4) is 0 Å². The number of hydrogen-bond donors (Lipinski definition) is 1. The summed E-state index contributed by atoms with van der Waals surface area (Å²) in [5.41, 5.74) is 1.59. The zero-order chi connectivity index (χ0) is 26.1. The van der Waals surface area contributed by atoms with E-state index >= 15 is 0 Å². The first-order valence-electron chi connectivity index (χ1n) is 11.6. The smallest absolute Gasteiger partial charge is 0.327 e. The number of aliphatic carboxylic acids is 1. The van der Waals surface area contributed by atoms with Crippen molar-refractivity contribution in [1.82, 2.24) is 4.90 Å². The Morgan fingerprint density at radius 1 is 0.757 bits per heavy atom. The van der Waals surface area contributed by atoms with Crippen LogP contribution in [-0.4, -0.2) is 33.7 Å². The topological polar surface area (TPSA) is 74.7 Å². The molecule has 0 bridgehead atoms. The molecule has 186 valence electrons. The number of halogens is 2. The molecule has 1 saturated heterocycles. The molecule has 4 aromatic rings. The minimum Gasteiger partial charge on any atom is -0.480 e. The van der Waals surface area contributed by atoms with E-state index in [4.69, 9.17) is 23.2 Å². The lowest BCUT2D eigenvalue weighted by Crippen LogP contribution is -2.43. The fourth-order valence-electron chi connectivity index (χ4n) is 5.16. The fraction of sp³-hybridized carbons (Fsp3) is 0.138. The van der Waals surface area contributed by atoms with E-state index in [2.05, 4.69) is 0 Å². The predicted molar refractivity (Wildman–Crippen MR) is 145 cm³/mol. The SMILES string of the molecule is O=C(c1cccs1)C1C(c2ccc(Cl)cc2)C(C(=O)O)N(C(=O)c2ccccc2)C1c1ccc(Cl)cc1. The number of likely N-dealkylation sites (tertiary alicyclic amines) is 1. The Bertz CT molecular complexity index is 1420. The van der Waals surface area contributed by atoms with Gasteiger partial charge in [0.1, 0.15) is 6.04 Å². The largest absolute Gasteiger partial charge is 0.480 e. The van der Waals surface area contributed by atoms with Crippen molar-refractivity contribution in [3.8, 4) is 0 Å². The third kappa shape index (κ3) is 4.80. The molecule has 3 aromatic carbocycles. The second-order valence-corrected chi connectivity index (χ2v) is 10.6. The van der Waals surface area contributed by atoms with Crippen LogP contribution in [0.15, 0.2) is 96.4 Å². The standard InChI is InChI=1S/C29H21Cl2NO4S/c30-20-12-8-17(9-13-20)23-24(27(33)22-7-4-16-37-22)25(18-10-14-21(31)15-11-18)32(26(23)29(35)36)28(34)19-5-2-1-3-6-19/h1-16,23-26H,(H,35,36). The lowest BCUT2D eigenvalue weighted by molar-refractivity contribution is -0.142. The minimum atomic E-state index is -1.30. The zero-order valence-corrected chi connectivity index (χ0v) is 21.7. The van der Waals surface area contributed by atoms with Gasteiger partial charge in [0.05, 0.1) is 16.8 Å². The van der Waals surface area contributed by atoms with Gasteiger partial charge in [-0.15, -0.1) is 11.3 Å². The van der Waals surface area contributed by atoms with Gasteiger partial charge in [0.2, 0.25) is 0 Å². The van der Waals surface area contributed by atoms with E-state index in [1.807, 2.05) is 0 Å². The molecule has 5 nitrogen and oxygen atoms in total. The third-order valence-corrected chi connectivity index (χ3v) is 8.10. The molecule has 0 saturated carbocycles. The highest BCUT2D eigenvalue weighted by Gasteiger charge is 2.57. The van der Waals surface area contributed by atoms with Gasteiger partial charge >= 0.3 is 5.97 Å². The van der Waals surface area contributed by atoms with Crippen molar-refractivity contribution in [3.63, 3.8) is 0 Å². The second-order valence-electron chi connectivity index (χ2n) is 8.80. The second kappa shape index (κ2) is 10.5. The van der Waals surface area contributed by atoms with Crippen LogP contribution in [0.5, 0.6) is 0 Å². The highest BCUT2D eigenvalue weighted by Crippen LogP contribution is 2.52.